The second-order valence-electron chi connectivity index (χ2n) is 14.9. The normalized spacial score (nSPS) is 13.9. The molecule has 0 spiro atoms. The quantitative estimate of drug-likeness (QED) is 0.0379. The SMILES string of the molecule is CCCCCCCCCCCCCCCC/C=C/CC/C=C/CC/C=C/C(O)C(CO)NC(=O)CC(O)CCCCCCCCCCCCC. The topological polar surface area (TPSA) is 89.8 Å². The summed E-state index contributed by atoms with van der Waals surface area (Å²) in [6.45, 7) is 4.19. The van der Waals surface area contributed by atoms with Crippen LogP contribution in [0.25, 0.3) is 0 Å². The fourth-order valence-corrected chi connectivity index (χ4v) is 6.55. The lowest BCUT2D eigenvalue weighted by atomic mass is 10.0. The van der Waals surface area contributed by atoms with Crippen LogP contribution < -0.4 is 5.32 Å². The maximum absolute atomic E-state index is 12.4. The molecule has 0 saturated carbocycles. The van der Waals surface area contributed by atoms with Crippen molar-refractivity contribution < 1.29 is 20.1 Å². The molecule has 0 saturated heterocycles. The van der Waals surface area contributed by atoms with Crippen molar-refractivity contribution in [2.75, 3.05) is 6.61 Å². The Bertz CT molecular complexity index is 779. The zero-order valence-corrected chi connectivity index (χ0v) is 33.3. The van der Waals surface area contributed by atoms with Gasteiger partial charge in [-0.05, 0) is 44.9 Å². The van der Waals surface area contributed by atoms with Crippen LogP contribution in [-0.4, -0.2) is 46.1 Å². The summed E-state index contributed by atoms with van der Waals surface area (Å²) in [5.74, 6) is -0.330. The number of hydrogen-bond donors (Lipinski definition) is 4. The molecule has 0 aromatic heterocycles. The van der Waals surface area contributed by atoms with Crippen molar-refractivity contribution in [3.05, 3.63) is 36.5 Å². The number of aliphatic hydroxyl groups excluding tert-OH is 3. The van der Waals surface area contributed by atoms with E-state index in [1.54, 1.807) is 6.08 Å². The van der Waals surface area contributed by atoms with Crippen LogP contribution in [0.4, 0.5) is 0 Å². The number of carbonyl (C=O) groups excluding carboxylic acids is 1. The molecule has 3 atom stereocenters. The smallest absolute Gasteiger partial charge is 0.222 e. The molecule has 0 radical (unpaired) electrons. The Morgan fingerprint density at radius 1 is 0.500 bits per heavy atom. The first-order valence-corrected chi connectivity index (χ1v) is 21.8. The summed E-state index contributed by atoms with van der Waals surface area (Å²) in [4.78, 5) is 12.4. The minimum absolute atomic E-state index is 0.00412. The zero-order chi connectivity index (χ0) is 36.6. The molecule has 0 aliphatic rings. The van der Waals surface area contributed by atoms with Crippen LogP contribution in [0.3, 0.4) is 0 Å². The molecule has 0 aliphatic carbocycles. The van der Waals surface area contributed by atoms with E-state index in [0.717, 1.165) is 38.5 Å². The molecule has 294 valence electrons. The van der Waals surface area contributed by atoms with Gasteiger partial charge in [0.2, 0.25) is 5.91 Å². The van der Waals surface area contributed by atoms with Crippen LogP contribution in [-0.2, 0) is 4.79 Å². The first-order chi connectivity index (χ1) is 24.5. The van der Waals surface area contributed by atoms with Gasteiger partial charge in [0.05, 0.1) is 31.3 Å². The third-order valence-electron chi connectivity index (χ3n) is 9.91. The third-order valence-corrected chi connectivity index (χ3v) is 9.91. The Labute approximate surface area is 311 Å². The Kier molecular flexibility index (Phi) is 39.2. The minimum atomic E-state index is -0.957. The van der Waals surface area contributed by atoms with Gasteiger partial charge in [0.15, 0.2) is 0 Å². The highest BCUT2D eigenvalue weighted by molar-refractivity contribution is 5.76. The van der Waals surface area contributed by atoms with Crippen molar-refractivity contribution in [2.45, 2.75) is 238 Å². The second-order valence-corrected chi connectivity index (χ2v) is 14.9. The molecular formula is C45H85NO4. The number of amides is 1. The van der Waals surface area contributed by atoms with Crippen LogP contribution in [0.1, 0.15) is 219 Å². The summed E-state index contributed by atoms with van der Waals surface area (Å²) in [6.07, 6.45) is 50.1. The standard InChI is InChI=1S/C45H85NO4/c1-3-5-7-9-11-13-15-16-17-18-19-20-21-22-23-24-25-26-27-29-31-33-35-37-39-44(49)43(41-47)46-45(50)40-42(48)38-36-34-32-30-28-14-12-10-8-6-4-2/h24-25,29,31,37,39,42-44,47-49H,3-23,26-28,30,32-36,38,40-41H2,1-2H3,(H,46,50)/b25-24+,31-29+,39-37+. The summed E-state index contributed by atoms with van der Waals surface area (Å²) in [7, 11) is 0. The number of aliphatic hydroxyl groups is 3. The zero-order valence-electron chi connectivity index (χ0n) is 33.3. The molecular weight excluding hydrogens is 618 g/mol. The van der Waals surface area contributed by atoms with E-state index in [1.165, 1.54) is 154 Å². The molecule has 3 unspecified atom stereocenters. The van der Waals surface area contributed by atoms with Gasteiger partial charge in [0, 0.05) is 0 Å². The maximum atomic E-state index is 12.4. The van der Waals surface area contributed by atoms with Gasteiger partial charge in [0.1, 0.15) is 0 Å². The van der Waals surface area contributed by atoms with E-state index in [1.807, 2.05) is 6.08 Å². The molecule has 0 aromatic rings. The highest BCUT2D eigenvalue weighted by atomic mass is 16.3. The highest BCUT2D eigenvalue weighted by Gasteiger charge is 2.20. The summed E-state index contributed by atoms with van der Waals surface area (Å²) >= 11 is 0. The van der Waals surface area contributed by atoms with E-state index in [9.17, 15) is 20.1 Å². The lowest BCUT2D eigenvalue weighted by Crippen LogP contribution is -2.45. The van der Waals surface area contributed by atoms with Crippen LogP contribution in [0.15, 0.2) is 36.5 Å². The van der Waals surface area contributed by atoms with Gasteiger partial charge in [-0.3, -0.25) is 4.79 Å². The fourth-order valence-electron chi connectivity index (χ4n) is 6.55. The highest BCUT2D eigenvalue weighted by Crippen LogP contribution is 2.15. The van der Waals surface area contributed by atoms with Crippen LogP contribution in [0.2, 0.25) is 0 Å². The van der Waals surface area contributed by atoms with Gasteiger partial charge in [-0.2, -0.15) is 0 Å². The summed E-state index contributed by atoms with van der Waals surface area (Å²) in [6, 6.07) is -0.764. The largest absolute Gasteiger partial charge is 0.394 e. The molecule has 4 N–H and O–H groups in total. The molecule has 0 fully saturated rings. The predicted molar refractivity (Wildman–Crippen MR) is 218 cm³/mol. The van der Waals surface area contributed by atoms with E-state index in [-0.39, 0.29) is 18.9 Å². The molecule has 5 nitrogen and oxygen atoms in total. The number of nitrogens with one attached hydrogen (secondary N) is 1. The van der Waals surface area contributed by atoms with Gasteiger partial charge in [-0.25, -0.2) is 0 Å². The average molecular weight is 704 g/mol. The first kappa shape index (κ1) is 48.6. The van der Waals surface area contributed by atoms with Gasteiger partial charge < -0.3 is 20.6 Å². The van der Waals surface area contributed by atoms with Gasteiger partial charge in [0.25, 0.3) is 0 Å². The fraction of sp³-hybridized carbons (Fsp3) is 0.844. The molecule has 0 rings (SSSR count). The van der Waals surface area contributed by atoms with Crippen molar-refractivity contribution in [3.8, 4) is 0 Å². The molecule has 0 aromatic carbocycles. The second kappa shape index (κ2) is 40.3. The number of allylic oxidation sites excluding steroid dienone is 5. The summed E-state index contributed by atoms with van der Waals surface area (Å²) in [5.41, 5.74) is 0. The number of hydrogen-bond acceptors (Lipinski definition) is 4. The van der Waals surface area contributed by atoms with Crippen LogP contribution >= 0.6 is 0 Å². The molecule has 5 heteroatoms. The van der Waals surface area contributed by atoms with Crippen molar-refractivity contribution in [1.82, 2.24) is 5.32 Å². The monoisotopic (exact) mass is 704 g/mol. The van der Waals surface area contributed by atoms with Gasteiger partial charge in [-0.15, -0.1) is 0 Å². The van der Waals surface area contributed by atoms with Gasteiger partial charge in [-0.1, -0.05) is 204 Å². The molecule has 50 heavy (non-hydrogen) atoms. The number of rotatable bonds is 39. The Morgan fingerprint density at radius 3 is 1.28 bits per heavy atom. The lowest BCUT2D eigenvalue weighted by molar-refractivity contribution is -0.124. The lowest BCUT2D eigenvalue weighted by Gasteiger charge is -2.21. The Morgan fingerprint density at radius 2 is 0.860 bits per heavy atom. The molecule has 0 aliphatic heterocycles. The summed E-state index contributed by atoms with van der Waals surface area (Å²) in [5, 5.41) is 33.1. The van der Waals surface area contributed by atoms with E-state index in [0.29, 0.717) is 6.42 Å². The van der Waals surface area contributed by atoms with E-state index < -0.39 is 18.2 Å². The summed E-state index contributed by atoms with van der Waals surface area (Å²) < 4.78 is 0. The van der Waals surface area contributed by atoms with Gasteiger partial charge >= 0.3 is 0 Å². The number of unbranched alkanes of at least 4 members (excludes halogenated alkanes) is 26. The third kappa shape index (κ3) is 36.4. The Balaban J connectivity index is 3.71. The maximum Gasteiger partial charge on any atom is 0.222 e. The van der Waals surface area contributed by atoms with Crippen molar-refractivity contribution in [2.24, 2.45) is 0 Å². The Hall–Kier alpha value is -1.43. The average Bonchev–Trinajstić information content (AvgIpc) is 3.11. The van der Waals surface area contributed by atoms with Crippen molar-refractivity contribution in [1.29, 1.82) is 0 Å². The van der Waals surface area contributed by atoms with Crippen molar-refractivity contribution in [3.63, 3.8) is 0 Å². The molecule has 1 amide bonds. The van der Waals surface area contributed by atoms with Crippen LogP contribution in [0, 0.1) is 0 Å². The van der Waals surface area contributed by atoms with Crippen LogP contribution in [0.5, 0.6) is 0 Å². The van der Waals surface area contributed by atoms with E-state index >= 15 is 0 Å². The number of carbonyl (C=O) groups is 1. The minimum Gasteiger partial charge on any atom is -0.394 e. The van der Waals surface area contributed by atoms with E-state index in [2.05, 4.69) is 43.5 Å². The van der Waals surface area contributed by atoms with Crippen molar-refractivity contribution >= 4 is 5.91 Å². The molecule has 0 heterocycles. The molecule has 0 bridgehead atoms. The van der Waals surface area contributed by atoms with E-state index in [4.69, 9.17) is 0 Å². The predicted octanol–water partition coefficient (Wildman–Crippen LogP) is 12.4. The first-order valence-electron chi connectivity index (χ1n) is 21.8.